The fourth-order valence-electron chi connectivity index (χ4n) is 6.62. The average molecular weight is 426 g/mol. The van der Waals surface area contributed by atoms with Crippen molar-refractivity contribution in [3.05, 3.63) is 0 Å². The monoisotopic (exact) mass is 425 g/mol. The second-order valence-electron chi connectivity index (χ2n) is 10.3. The molecule has 0 aliphatic heterocycles. The second kappa shape index (κ2) is 12.7. The lowest BCUT2D eigenvalue weighted by molar-refractivity contribution is -0.0167. The molecule has 0 spiro atoms. The standard InChI is InChI=1S/C25H47NO4/c1-3-5-11-29-17-22(27)15-26(16-23(28)18-30-12-6-4-2)14-21-9-10-24-19-7-8-20(13-19)25(21)24/h19-25,27-28H,3-18H2,1-2H3. The Hall–Kier alpha value is -0.200. The summed E-state index contributed by atoms with van der Waals surface area (Å²) < 4.78 is 11.3. The second-order valence-corrected chi connectivity index (χ2v) is 10.3. The Labute approximate surface area is 184 Å². The van der Waals surface area contributed by atoms with E-state index in [2.05, 4.69) is 18.7 Å². The predicted octanol–water partition coefficient (Wildman–Crippen LogP) is 3.72. The summed E-state index contributed by atoms with van der Waals surface area (Å²) in [7, 11) is 0. The third-order valence-corrected chi connectivity index (χ3v) is 7.91. The van der Waals surface area contributed by atoms with Gasteiger partial charge < -0.3 is 19.7 Å². The summed E-state index contributed by atoms with van der Waals surface area (Å²) in [6.07, 6.45) is 10.4. The van der Waals surface area contributed by atoms with Crippen LogP contribution in [0.1, 0.15) is 71.6 Å². The van der Waals surface area contributed by atoms with Crippen molar-refractivity contribution in [1.29, 1.82) is 0 Å². The molecule has 0 heterocycles. The van der Waals surface area contributed by atoms with E-state index in [4.69, 9.17) is 9.47 Å². The molecule has 0 radical (unpaired) electrons. The number of ether oxygens (including phenoxy) is 2. The van der Waals surface area contributed by atoms with Gasteiger partial charge in [-0.25, -0.2) is 0 Å². The van der Waals surface area contributed by atoms with Crippen LogP contribution in [0.5, 0.6) is 0 Å². The zero-order chi connectivity index (χ0) is 21.3. The van der Waals surface area contributed by atoms with Crippen LogP contribution in [0.15, 0.2) is 0 Å². The molecule has 3 aliphatic carbocycles. The maximum atomic E-state index is 10.6. The molecule has 5 nitrogen and oxygen atoms in total. The molecular weight excluding hydrogens is 378 g/mol. The van der Waals surface area contributed by atoms with Gasteiger partial charge in [0, 0.05) is 32.8 Å². The van der Waals surface area contributed by atoms with E-state index in [-0.39, 0.29) is 0 Å². The van der Waals surface area contributed by atoms with Crippen LogP contribution in [0, 0.1) is 29.6 Å². The molecule has 0 aromatic carbocycles. The van der Waals surface area contributed by atoms with Gasteiger partial charge in [0.1, 0.15) is 0 Å². The minimum atomic E-state index is -0.493. The first-order valence-corrected chi connectivity index (χ1v) is 12.9. The summed E-state index contributed by atoms with van der Waals surface area (Å²) in [5.74, 6) is 4.52. The van der Waals surface area contributed by atoms with E-state index in [0.29, 0.717) is 26.3 Å². The Balaban J connectivity index is 1.49. The molecule has 7 unspecified atom stereocenters. The highest BCUT2D eigenvalue weighted by Gasteiger charge is 2.53. The van der Waals surface area contributed by atoms with Gasteiger partial charge in [0.25, 0.3) is 0 Å². The van der Waals surface area contributed by atoms with E-state index < -0.39 is 12.2 Å². The lowest BCUT2D eigenvalue weighted by atomic mass is 9.78. The maximum Gasteiger partial charge on any atom is 0.0900 e. The Kier molecular flexibility index (Phi) is 10.4. The van der Waals surface area contributed by atoms with Gasteiger partial charge in [0.05, 0.1) is 25.4 Å². The predicted molar refractivity (Wildman–Crippen MR) is 120 cm³/mol. The summed E-state index contributed by atoms with van der Waals surface area (Å²) in [6, 6.07) is 0. The SMILES string of the molecule is CCCCOCC(O)CN(CC(O)COCCCC)CC1CCC2C3CCC(C3)C12. The quantitative estimate of drug-likeness (QED) is 0.369. The molecule has 0 aromatic heterocycles. The van der Waals surface area contributed by atoms with Crippen molar-refractivity contribution < 1.29 is 19.7 Å². The van der Waals surface area contributed by atoms with Crippen LogP contribution in [0.3, 0.4) is 0 Å². The Morgan fingerprint density at radius 1 is 0.833 bits per heavy atom. The van der Waals surface area contributed by atoms with Crippen LogP contribution in [0.2, 0.25) is 0 Å². The Morgan fingerprint density at radius 2 is 1.43 bits per heavy atom. The summed E-state index contributed by atoms with van der Waals surface area (Å²) in [6.45, 7) is 8.69. The number of fused-ring (bicyclic) bond motifs is 5. The smallest absolute Gasteiger partial charge is 0.0900 e. The van der Waals surface area contributed by atoms with Gasteiger partial charge in [-0.15, -0.1) is 0 Å². The number of hydrogen-bond acceptors (Lipinski definition) is 5. The van der Waals surface area contributed by atoms with Crippen molar-refractivity contribution in [2.75, 3.05) is 46.1 Å². The molecule has 0 aromatic rings. The molecule has 2 N–H and O–H groups in total. The van der Waals surface area contributed by atoms with Gasteiger partial charge in [-0.3, -0.25) is 4.90 Å². The summed E-state index contributed by atoms with van der Waals surface area (Å²) in [5.41, 5.74) is 0. The number of aliphatic hydroxyl groups is 2. The molecule has 176 valence electrons. The molecule has 3 fully saturated rings. The van der Waals surface area contributed by atoms with Gasteiger partial charge in [0.15, 0.2) is 0 Å². The van der Waals surface area contributed by atoms with E-state index in [1.54, 1.807) is 0 Å². The lowest BCUT2D eigenvalue weighted by Gasteiger charge is -2.34. The molecule has 3 saturated carbocycles. The maximum absolute atomic E-state index is 10.6. The third-order valence-electron chi connectivity index (χ3n) is 7.91. The van der Waals surface area contributed by atoms with Gasteiger partial charge in [0.2, 0.25) is 0 Å². The van der Waals surface area contributed by atoms with Crippen molar-refractivity contribution in [2.24, 2.45) is 29.6 Å². The van der Waals surface area contributed by atoms with Crippen LogP contribution in [-0.2, 0) is 9.47 Å². The van der Waals surface area contributed by atoms with Crippen molar-refractivity contribution in [2.45, 2.75) is 83.8 Å². The summed E-state index contributed by atoms with van der Waals surface area (Å²) >= 11 is 0. The minimum absolute atomic E-state index is 0.390. The fraction of sp³-hybridized carbons (Fsp3) is 1.00. The van der Waals surface area contributed by atoms with Crippen molar-refractivity contribution in [3.63, 3.8) is 0 Å². The van der Waals surface area contributed by atoms with Gasteiger partial charge >= 0.3 is 0 Å². The van der Waals surface area contributed by atoms with Crippen molar-refractivity contribution in [1.82, 2.24) is 4.90 Å². The Morgan fingerprint density at radius 3 is 2.03 bits per heavy atom. The fourth-order valence-corrected chi connectivity index (χ4v) is 6.62. The molecule has 7 atom stereocenters. The highest BCUT2D eigenvalue weighted by molar-refractivity contribution is 5.03. The molecule has 30 heavy (non-hydrogen) atoms. The first-order valence-electron chi connectivity index (χ1n) is 12.9. The molecule has 3 rings (SSSR count). The molecule has 3 aliphatic rings. The van der Waals surface area contributed by atoms with E-state index >= 15 is 0 Å². The largest absolute Gasteiger partial charge is 0.389 e. The number of rotatable bonds is 16. The summed E-state index contributed by atoms with van der Waals surface area (Å²) in [5, 5.41) is 21.1. The first-order chi connectivity index (χ1) is 14.6. The highest BCUT2D eigenvalue weighted by Crippen LogP contribution is 2.60. The third kappa shape index (κ3) is 6.90. The van der Waals surface area contributed by atoms with Crippen LogP contribution in [0.25, 0.3) is 0 Å². The molecule has 5 heteroatoms. The van der Waals surface area contributed by atoms with Crippen LogP contribution in [0.4, 0.5) is 0 Å². The topological polar surface area (TPSA) is 62.2 Å². The molecule has 0 amide bonds. The minimum Gasteiger partial charge on any atom is -0.389 e. The number of hydrogen-bond donors (Lipinski definition) is 2. The lowest BCUT2D eigenvalue weighted by Crippen LogP contribution is -2.44. The van der Waals surface area contributed by atoms with Gasteiger partial charge in [-0.1, -0.05) is 26.7 Å². The first kappa shape index (κ1) is 24.4. The molecule has 2 bridgehead atoms. The van der Waals surface area contributed by atoms with E-state index in [1.807, 2.05) is 0 Å². The van der Waals surface area contributed by atoms with Gasteiger partial charge in [-0.05, 0) is 74.5 Å². The van der Waals surface area contributed by atoms with E-state index in [9.17, 15) is 10.2 Å². The normalized spacial score (nSPS) is 32.1. The Bertz CT molecular complexity index is 456. The zero-order valence-corrected chi connectivity index (χ0v) is 19.5. The highest BCUT2D eigenvalue weighted by atomic mass is 16.5. The molecule has 0 saturated heterocycles. The number of unbranched alkanes of at least 4 members (excludes halogenated alkanes) is 2. The molecular formula is C25H47NO4. The van der Waals surface area contributed by atoms with Crippen molar-refractivity contribution in [3.8, 4) is 0 Å². The zero-order valence-electron chi connectivity index (χ0n) is 19.5. The van der Waals surface area contributed by atoms with Gasteiger partial charge in [-0.2, -0.15) is 0 Å². The van der Waals surface area contributed by atoms with Crippen molar-refractivity contribution >= 4 is 0 Å². The van der Waals surface area contributed by atoms with Crippen LogP contribution in [-0.4, -0.2) is 73.4 Å². The summed E-state index contributed by atoms with van der Waals surface area (Å²) in [4.78, 5) is 2.31. The number of nitrogens with zero attached hydrogens (tertiary/aromatic N) is 1. The van der Waals surface area contributed by atoms with Crippen LogP contribution >= 0.6 is 0 Å². The number of aliphatic hydroxyl groups excluding tert-OH is 2. The van der Waals surface area contributed by atoms with E-state index in [1.165, 1.54) is 32.1 Å². The van der Waals surface area contributed by atoms with Crippen LogP contribution < -0.4 is 0 Å². The average Bonchev–Trinajstić information content (AvgIpc) is 3.43. The van der Waals surface area contributed by atoms with E-state index in [0.717, 1.165) is 75.0 Å².